The molecule has 0 radical (unpaired) electrons. The predicted molar refractivity (Wildman–Crippen MR) is 94.1 cm³/mol. The topological polar surface area (TPSA) is 54.4 Å². The van der Waals surface area contributed by atoms with Gasteiger partial charge in [0.2, 0.25) is 0 Å². The molecule has 0 bridgehead atoms. The molecule has 23 heavy (non-hydrogen) atoms. The molecule has 130 valence electrons. The normalized spacial score (nSPS) is 29.7. The quantitative estimate of drug-likeness (QED) is 0.413. The van der Waals surface area contributed by atoms with E-state index in [2.05, 4.69) is 19.9 Å². The number of aliphatic hydroxyl groups is 1. The Morgan fingerprint density at radius 3 is 2.43 bits per heavy atom. The zero-order chi connectivity index (χ0) is 17.7. The molecule has 1 saturated carbocycles. The molecule has 1 rings (SSSR count). The van der Waals surface area contributed by atoms with Gasteiger partial charge in [0, 0.05) is 5.92 Å². The van der Waals surface area contributed by atoms with Gasteiger partial charge < -0.3 is 9.90 Å². The Balaban J connectivity index is 2.69. The Bertz CT molecular complexity index is 482. The number of carbonyl (C=O) groups excluding carboxylic acids is 2. The van der Waals surface area contributed by atoms with Crippen molar-refractivity contribution < 1.29 is 14.7 Å². The van der Waals surface area contributed by atoms with E-state index in [0.717, 1.165) is 50.2 Å². The SMILES string of the molecule is C/C(C=O)=C\CC/C(C)=C/C[C@@]1(C)CC[C@@H](C(C)(C)O)[C@@H]1C=O. The maximum atomic E-state index is 11.6. The zero-order valence-corrected chi connectivity index (χ0v) is 15.3. The molecule has 0 heterocycles. The lowest BCUT2D eigenvalue weighted by atomic mass is 9.71. The fraction of sp³-hybridized carbons (Fsp3) is 0.700. The van der Waals surface area contributed by atoms with Crippen LogP contribution in [0.4, 0.5) is 0 Å². The molecule has 1 aliphatic rings. The highest BCUT2D eigenvalue weighted by Gasteiger charge is 2.49. The van der Waals surface area contributed by atoms with E-state index in [1.165, 1.54) is 5.57 Å². The first-order chi connectivity index (χ1) is 10.6. The van der Waals surface area contributed by atoms with Crippen LogP contribution in [0.3, 0.4) is 0 Å². The highest BCUT2D eigenvalue weighted by atomic mass is 16.3. The maximum absolute atomic E-state index is 11.6. The van der Waals surface area contributed by atoms with Gasteiger partial charge in [-0.3, -0.25) is 4.79 Å². The summed E-state index contributed by atoms with van der Waals surface area (Å²) >= 11 is 0. The van der Waals surface area contributed by atoms with Crippen molar-refractivity contribution in [3.05, 3.63) is 23.3 Å². The van der Waals surface area contributed by atoms with E-state index in [9.17, 15) is 14.7 Å². The number of rotatable bonds is 8. The molecule has 1 aliphatic carbocycles. The second kappa shape index (κ2) is 8.05. The summed E-state index contributed by atoms with van der Waals surface area (Å²) in [5, 5.41) is 10.3. The van der Waals surface area contributed by atoms with E-state index >= 15 is 0 Å². The van der Waals surface area contributed by atoms with Gasteiger partial charge in [0.1, 0.15) is 12.6 Å². The summed E-state index contributed by atoms with van der Waals surface area (Å²) in [7, 11) is 0. The molecule has 1 N–H and O–H groups in total. The third-order valence-corrected chi connectivity index (χ3v) is 5.43. The van der Waals surface area contributed by atoms with Crippen molar-refractivity contribution >= 4 is 12.6 Å². The lowest BCUT2D eigenvalue weighted by Crippen LogP contribution is -2.38. The molecule has 3 atom stereocenters. The summed E-state index contributed by atoms with van der Waals surface area (Å²) in [5.41, 5.74) is 1.19. The number of hydrogen-bond donors (Lipinski definition) is 1. The fourth-order valence-corrected chi connectivity index (χ4v) is 3.69. The Morgan fingerprint density at radius 1 is 1.26 bits per heavy atom. The van der Waals surface area contributed by atoms with Crippen molar-refractivity contribution in [2.24, 2.45) is 17.3 Å². The first kappa shape index (κ1) is 19.8. The second-order valence-corrected chi connectivity index (χ2v) is 7.97. The maximum Gasteiger partial charge on any atom is 0.145 e. The highest BCUT2D eigenvalue weighted by Crippen LogP contribution is 2.51. The summed E-state index contributed by atoms with van der Waals surface area (Å²) in [6.07, 6.45) is 10.7. The average Bonchev–Trinajstić information content (AvgIpc) is 2.82. The van der Waals surface area contributed by atoms with Crippen molar-refractivity contribution in [3.63, 3.8) is 0 Å². The summed E-state index contributed by atoms with van der Waals surface area (Å²) in [5.74, 6) is -0.0550. The second-order valence-electron chi connectivity index (χ2n) is 7.97. The van der Waals surface area contributed by atoms with Crippen LogP contribution >= 0.6 is 0 Å². The summed E-state index contributed by atoms with van der Waals surface area (Å²) < 4.78 is 0. The van der Waals surface area contributed by atoms with Crippen molar-refractivity contribution in [2.45, 2.75) is 72.3 Å². The molecule has 0 aromatic carbocycles. The lowest BCUT2D eigenvalue weighted by molar-refractivity contribution is -0.119. The molecule has 3 heteroatoms. The minimum atomic E-state index is -0.806. The molecule has 0 unspecified atom stereocenters. The van der Waals surface area contributed by atoms with Crippen LogP contribution in [0.5, 0.6) is 0 Å². The number of aldehydes is 2. The van der Waals surface area contributed by atoms with E-state index < -0.39 is 5.60 Å². The van der Waals surface area contributed by atoms with Gasteiger partial charge in [0.15, 0.2) is 0 Å². The molecular weight excluding hydrogens is 288 g/mol. The van der Waals surface area contributed by atoms with E-state index in [1.807, 2.05) is 26.8 Å². The van der Waals surface area contributed by atoms with Crippen molar-refractivity contribution in [2.75, 3.05) is 0 Å². The van der Waals surface area contributed by atoms with Gasteiger partial charge in [0.25, 0.3) is 0 Å². The Kier molecular flexibility index (Phi) is 6.94. The molecule has 0 saturated heterocycles. The van der Waals surface area contributed by atoms with Gasteiger partial charge in [-0.2, -0.15) is 0 Å². The number of allylic oxidation sites excluding steroid dienone is 4. The Morgan fingerprint density at radius 2 is 1.91 bits per heavy atom. The van der Waals surface area contributed by atoms with Crippen LogP contribution in [0, 0.1) is 17.3 Å². The molecule has 0 aliphatic heterocycles. The third-order valence-electron chi connectivity index (χ3n) is 5.43. The van der Waals surface area contributed by atoms with Crippen LogP contribution in [-0.4, -0.2) is 23.3 Å². The largest absolute Gasteiger partial charge is 0.390 e. The number of hydrogen-bond acceptors (Lipinski definition) is 3. The molecule has 0 aromatic rings. The van der Waals surface area contributed by atoms with E-state index in [-0.39, 0.29) is 17.3 Å². The Hall–Kier alpha value is -1.22. The van der Waals surface area contributed by atoms with Crippen LogP contribution in [0.25, 0.3) is 0 Å². The van der Waals surface area contributed by atoms with Crippen molar-refractivity contribution in [1.29, 1.82) is 0 Å². The molecule has 0 amide bonds. The molecule has 1 fully saturated rings. The van der Waals surface area contributed by atoms with Gasteiger partial charge in [-0.15, -0.1) is 0 Å². The van der Waals surface area contributed by atoms with Crippen LogP contribution in [-0.2, 0) is 9.59 Å². The van der Waals surface area contributed by atoms with Crippen LogP contribution in [0.2, 0.25) is 0 Å². The first-order valence-electron chi connectivity index (χ1n) is 8.59. The summed E-state index contributed by atoms with van der Waals surface area (Å²) in [6, 6.07) is 0. The van der Waals surface area contributed by atoms with Gasteiger partial charge in [0.05, 0.1) is 5.60 Å². The predicted octanol–water partition coefficient (Wildman–Crippen LogP) is 4.25. The van der Waals surface area contributed by atoms with E-state index in [4.69, 9.17) is 0 Å². The molecule has 0 aromatic heterocycles. The summed E-state index contributed by atoms with van der Waals surface area (Å²) in [6.45, 7) is 9.70. The smallest absolute Gasteiger partial charge is 0.145 e. The monoisotopic (exact) mass is 320 g/mol. The van der Waals surface area contributed by atoms with Crippen molar-refractivity contribution in [3.8, 4) is 0 Å². The van der Waals surface area contributed by atoms with Gasteiger partial charge in [-0.1, -0.05) is 24.6 Å². The fourth-order valence-electron chi connectivity index (χ4n) is 3.69. The van der Waals surface area contributed by atoms with Crippen molar-refractivity contribution in [1.82, 2.24) is 0 Å². The van der Waals surface area contributed by atoms with Crippen LogP contribution in [0.1, 0.15) is 66.7 Å². The highest BCUT2D eigenvalue weighted by molar-refractivity contribution is 5.71. The number of carbonyl (C=O) groups is 2. The third kappa shape index (κ3) is 5.42. The minimum absolute atomic E-state index is 0.0388. The van der Waals surface area contributed by atoms with Crippen LogP contribution in [0.15, 0.2) is 23.3 Å². The standard InChI is InChI=1S/C20H32O3/c1-15(7-6-8-16(2)13-21)9-11-20(5)12-10-17(18(20)14-22)19(3,4)23/h8-9,13-14,17-18,23H,6-7,10-12H2,1-5H3/b15-9+,16-8+/t17-,18+,20+/m1/s1. The van der Waals surface area contributed by atoms with E-state index in [1.54, 1.807) is 0 Å². The van der Waals surface area contributed by atoms with Gasteiger partial charge in [-0.05, 0) is 76.7 Å². The lowest BCUT2D eigenvalue weighted by Gasteiger charge is -2.34. The van der Waals surface area contributed by atoms with Gasteiger partial charge in [-0.25, -0.2) is 0 Å². The van der Waals surface area contributed by atoms with E-state index in [0.29, 0.717) is 0 Å². The zero-order valence-electron chi connectivity index (χ0n) is 15.3. The molecular formula is C20H32O3. The Labute approximate surface area is 140 Å². The molecule has 3 nitrogen and oxygen atoms in total. The average molecular weight is 320 g/mol. The molecule has 0 spiro atoms. The first-order valence-corrected chi connectivity index (χ1v) is 8.59. The van der Waals surface area contributed by atoms with Crippen LogP contribution < -0.4 is 0 Å². The minimum Gasteiger partial charge on any atom is -0.390 e. The summed E-state index contributed by atoms with van der Waals surface area (Å²) in [4.78, 5) is 22.2. The van der Waals surface area contributed by atoms with Gasteiger partial charge >= 0.3 is 0 Å².